The minimum atomic E-state index is -0.678. The van der Waals surface area contributed by atoms with Gasteiger partial charge in [-0.25, -0.2) is 0 Å². The second-order valence-corrected chi connectivity index (χ2v) is 13.2. The van der Waals surface area contributed by atoms with Crippen molar-refractivity contribution in [1.29, 1.82) is 5.26 Å². The van der Waals surface area contributed by atoms with E-state index in [0.29, 0.717) is 50.8 Å². The average molecular weight is 626 g/mol. The Hall–Kier alpha value is -3.40. The summed E-state index contributed by atoms with van der Waals surface area (Å²) in [6.45, 7) is 5.88. The highest BCUT2D eigenvalue weighted by atomic mass is 79.9. The molecule has 3 heterocycles. The maximum absolute atomic E-state index is 13.5. The van der Waals surface area contributed by atoms with E-state index in [1.54, 1.807) is 11.0 Å². The molecule has 12 heteroatoms. The number of carbonyl (C=O) groups excluding carboxylic acids is 2. The molecule has 2 aromatic heterocycles. The SMILES string of the molecule is Cc1ccc(C2C(C#N)=C(N)N(c3nnc(SCC(=O)Nc4ccc(Br)cc4)s3)C3=C2C(=O)CC(C)(C)C3)o1. The van der Waals surface area contributed by atoms with Crippen molar-refractivity contribution in [2.75, 3.05) is 16.0 Å². The van der Waals surface area contributed by atoms with Crippen molar-refractivity contribution in [1.82, 2.24) is 10.2 Å². The molecule has 0 saturated heterocycles. The Labute approximate surface area is 242 Å². The Bertz CT molecular complexity index is 1560. The smallest absolute Gasteiger partial charge is 0.234 e. The number of ketones is 1. The monoisotopic (exact) mass is 624 g/mol. The number of amides is 1. The number of carbonyl (C=O) groups is 2. The number of aromatic nitrogens is 2. The van der Waals surface area contributed by atoms with Crippen LogP contribution < -0.4 is 16.0 Å². The molecule has 0 spiro atoms. The molecule has 39 heavy (non-hydrogen) atoms. The second-order valence-electron chi connectivity index (χ2n) is 10.1. The molecule has 1 atom stereocenters. The highest BCUT2D eigenvalue weighted by molar-refractivity contribution is 9.10. The Morgan fingerprint density at radius 1 is 1.28 bits per heavy atom. The fourth-order valence-corrected chi connectivity index (χ4v) is 6.77. The number of benzene rings is 1. The zero-order valence-corrected chi connectivity index (χ0v) is 24.7. The number of nitrogens with one attached hydrogen (secondary N) is 1. The summed E-state index contributed by atoms with van der Waals surface area (Å²) >= 11 is 5.88. The number of hydrogen-bond acceptors (Lipinski definition) is 10. The van der Waals surface area contributed by atoms with Gasteiger partial charge in [-0.15, -0.1) is 10.2 Å². The van der Waals surface area contributed by atoms with Crippen LogP contribution in [-0.2, 0) is 9.59 Å². The number of nitriles is 1. The fraction of sp³-hybridized carbons (Fsp3) is 0.296. The number of hydrogen-bond donors (Lipinski definition) is 2. The van der Waals surface area contributed by atoms with Crippen molar-refractivity contribution in [2.24, 2.45) is 11.1 Å². The van der Waals surface area contributed by atoms with Crippen LogP contribution in [0, 0.1) is 23.7 Å². The highest BCUT2D eigenvalue weighted by Crippen LogP contribution is 2.51. The van der Waals surface area contributed by atoms with Crippen molar-refractivity contribution in [3.63, 3.8) is 0 Å². The number of anilines is 2. The van der Waals surface area contributed by atoms with Crippen LogP contribution in [0.15, 0.2) is 72.3 Å². The zero-order chi connectivity index (χ0) is 27.9. The van der Waals surface area contributed by atoms with E-state index in [0.717, 1.165) is 4.47 Å². The molecule has 5 rings (SSSR count). The third kappa shape index (κ3) is 5.52. The van der Waals surface area contributed by atoms with E-state index in [1.165, 1.54) is 23.1 Å². The van der Waals surface area contributed by atoms with Crippen molar-refractivity contribution in [3.05, 3.63) is 75.1 Å². The second kappa shape index (κ2) is 10.6. The van der Waals surface area contributed by atoms with Crippen LogP contribution in [0.25, 0.3) is 0 Å². The molecule has 2 aliphatic rings. The summed E-state index contributed by atoms with van der Waals surface area (Å²) in [6, 6.07) is 13.1. The van der Waals surface area contributed by atoms with Gasteiger partial charge in [0.15, 0.2) is 10.1 Å². The average Bonchev–Trinajstić information content (AvgIpc) is 3.51. The van der Waals surface area contributed by atoms with Crippen molar-refractivity contribution in [3.8, 4) is 6.07 Å². The van der Waals surface area contributed by atoms with E-state index in [-0.39, 0.29) is 34.3 Å². The zero-order valence-electron chi connectivity index (χ0n) is 21.4. The summed E-state index contributed by atoms with van der Waals surface area (Å²) in [6.07, 6.45) is 0.903. The fourth-order valence-electron chi connectivity index (χ4n) is 4.83. The molecular weight excluding hydrogens is 600 g/mol. The molecule has 3 N–H and O–H groups in total. The van der Waals surface area contributed by atoms with Crippen LogP contribution in [0.4, 0.5) is 10.8 Å². The van der Waals surface area contributed by atoms with Gasteiger partial charge in [0.1, 0.15) is 17.3 Å². The maximum atomic E-state index is 13.5. The number of furan rings is 1. The first-order valence-corrected chi connectivity index (χ1v) is 14.7. The lowest BCUT2D eigenvalue weighted by Gasteiger charge is -2.42. The van der Waals surface area contributed by atoms with E-state index >= 15 is 0 Å². The van der Waals surface area contributed by atoms with Crippen molar-refractivity contribution >= 4 is 61.5 Å². The normalized spacial score (nSPS) is 18.7. The first-order chi connectivity index (χ1) is 18.6. The molecule has 200 valence electrons. The molecule has 1 unspecified atom stereocenters. The number of Topliss-reactive ketones (excluding diaryl/α,β-unsaturated/α-hetero) is 1. The third-order valence-corrected chi connectivity index (χ3v) is 9.04. The van der Waals surface area contributed by atoms with Gasteiger partial charge in [-0.05, 0) is 55.2 Å². The predicted octanol–water partition coefficient (Wildman–Crippen LogP) is 5.87. The lowest BCUT2D eigenvalue weighted by atomic mass is 9.69. The molecule has 1 aliphatic heterocycles. The molecule has 0 bridgehead atoms. The quantitative estimate of drug-likeness (QED) is 0.322. The number of halogens is 1. The van der Waals surface area contributed by atoms with Gasteiger partial charge in [-0.1, -0.05) is 52.9 Å². The largest absolute Gasteiger partial charge is 0.465 e. The Balaban J connectivity index is 1.45. The molecule has 0 fully saturated rings. The summed E-state index contributed by atoms with van der Waals surface area (Å²) in [5, 5.41) is 22.0. The van der Waals surface area contributed by atoms with Crippen molar-refractivity contribution < 1.29 is 14.0 Å². The van der Waals surface area contributed by atoms with Gasteiger partial charge < -0.3 is 15.5 Å². The predicted molar refractivity (Wildman–Crippen MR) is 154 cm³/mol. The van der Waals surface area contributed by atoms with Gasteiger partial charge in [0.05, 0.1) is 23.3 Å². The molecule has 0 radical (unpaired) electrons. The van der Waals surface area contributed by atoms with Crippen molar-refractivity contribution in [2.45, 2.75) is 43.9 Å². The number of rotatable bonds is 6. The van der Waals surface area contributed by atoms with E-state index in [2.05, 4.69) is 37.5 Å². The number of nitrogens with two attached hydrogens (primary N) is 1. The van der Waals surface area contributed by atoms with Gasteiger partial charge >= 0.3 is 0 Å². The summed E-state index contributed by atoms with van der Waals surface area (Å²) in [7, 11) is 0. The van der Waals surface area contributed by atoms with Gasteiger partial charge in [-0.3, -0.25) is 14.5 Å². The number of thioether (sulfide) groups is 1. The summed E-state index contributed by atoms with van der Waals surface area (Å²) in [5.41, 5.74) is 8.46. The van der Waals surface area contributed by atoms with E-state index in [9.17, 15) is 14.9 Å². The van der Waals surface area contributed by atoms with E-state index < -0.39 is 5.92 Å². The van der Waals surface area contributed by atoms with Gasteiger partial charge in [-0.2, -0.15) is 5.26 Å². The standard InChI is InChI=1S/C27H25BrN6O3S2/c1-14-4-9-20(37-14)22-17(12-29)24(30)34(18-10-27(2,3)11-19(35)23(18)22)25-32-33-26(39-25)38-13-21(36)31-16-7-5-15(28)6-8-16/h4-9,22H,10-11,13,30H2,1-3H3,(H,31,36). The van der Waals surface area contributed by atoms with Crippen LogP contribution in [0.1, 0.15) is 44.1 Å². The molecule has 1 aromatic carbocycles. The number of nitrogens with zero attached hydrogens (tertiary/aromatic N) is 4. The van der Waals surface area contributed by atoms with E-state index in [1.807, 2.05) is 51.1 Å². The molecule has 9 nitrogen and oxygen atoms in total. The summed E-state index contributed by atoms with van der Waals surface area (Å²) in [5.74, 6) is 0.628. The minimum absolute atomic E-state index is 0.0470. The van der Waals surface area contributed by atoms with Crippen LogP contribution >= 0.6 is 39.0 Å². The number of aryl methyl sites for hydroxylation is 1. The summed E-state index contributed by atoms with van der Waals surface area (Å²) < 4.78 is 7.38. The summed E-state index contributed by atoms with van der Waals surface area (Å²) in [4.78, 5) is 27.7. The minimum Gasteiger partial charge on any atom is -0.465 e. The topological polar surface area (TPSA) is 138 Å². The Morgan fingerprint density at radius 2 is 2.03 bits per heavy atom. The van der Waals surface area contributed by atoms with Gasteiger partial charge in [0.2, 0.25) is 11.0 Å². The first-order valence-electron chi connectivity index (χ1n) is 12.1. The maximum Gasteiger partial charge on any atom is 0.234 e. The highest BCUT2D eigenvalue weighted by Gasteiger charge is 2.46. The Kier molecular flexibility index (Phi) is 7.41. The number of allylic oxidation sites excluding steroid dienone is 3. The molecule has 0 saturated carbocycles. The lowest BCUT2D eigenvalue weighted by Crippen LogP contribution is -2.42. The molecule has 1 aliphatic carbocycles. The molecular formula is C27H25BrN6O3S2. The van der Waals surface area contributed by atoms with Crippen LogP contribution in [0.3, 0.4) is 0 Å². The lowest BCUT2D eigenvalue weighted by molar-refractivity contribution is -0.118. The molecule has 1 amide bonds. The van der Waals surface area contributed by atoms with Crippen LogP contribution in [0.2, 0.25) is 0 Å². The third-order valence-electron chi connectivity index (χ3n) is 6.47. The van der Waals surface area contributed by atoms with Crippen LogP contribution in [-0.4, -0.2) is 27.6 Å². The molecule has 3 aromatic rings. The van der Waals surface area contributed by atoms with Gasteiger partial charge in [0.25, 0.3) is 0 Å². The van der Waals surface area contributed by atoms with Crippen LogP contribution in [0.5, 0.6) is 0 Å². The first kappa shape index (κ1) is 27.2. The van der Waals surface area contributed by atoms with E-state index in [4.69, 9.17) is 10.2 Å². The van der Waals surface area contributed by atoms with Gasteiger partial charge in [0, 0.05) is 27.9 Å². The Morgan fingerprint density at radius 3 is 2.69 bits per heavy atom.